The molecule has 0 aliphatic heterocycles. The first-order valence-corrected chi connectivity index (χ1v) is 7.21. The van der Waals surface area contributed by atoms with Gasteiger partial charge in [-0.25, -0.2) is 0 Å². The van der Waals surface area contributed by atoms with Crippen LogP contribution in [0.5, 0.6) is 0 Å². The van der Waals surface area contributed by atoms with Gasteiger partial charge in [-0.15, -0.1) is 0 Å². The van der Waals surface area contributed by atoms with E-state index in [-0.39, 0.29) is 18.5 Å². The molecule has 1 N–H and O–H groups in total. The van der Waals surface area contributed by atoms with Crippen LogP contribution in [-0.2, 0) is 9.53 Å². The van der Waals surface area contributed by atoms with E-state index in [4.69, 9.17) is 4.74 Å². The van der Waals surface area contributed by atoms with Crippen molar-refractivity contribution in [1.82, 2.24) is 0 Å². The minimum atomic E-state index is -0.0843. The summed E-state index contributed by atoms with van der Waals surface area (Å²) in [5.41, 5.74) is 0. The van der Waals surface area contributed by atoms with Crippen LogP contribution in [-0.4, -0.2) is 24.3 Å². The minimum absolute atomic E-state index is 0.0843. The molecule has 3 aliphatic carbocycles. The molecule has 3 heteroatoms. The molecular weight excluding hydrogens is 228 g/mol. The fourth-order valence-electron chi connectivity index (χ4n) is 3.31. The second-order valence-corrected chi connectivity index (χ2v) is 5.59. The average molecular weight is 252 g/mol. The Bertz CT molecular complexity index is 311. The van der Waals surface area contributed by atoms with E-state index < -0.39 is 0 Å². The van der Waals surface area contributed by atoms with Crippen LogP contribution in [0.15, 0.2) is 12.2 Å². The summed E-state index contributed by atoms with van der Waals surface area (Å²) < 4.78 is 5.38. The summed E-state index contributed by atoms with van der Waals surface area (Å²) in [4.78, 5) is 11.5. The maximum atomic E-state index is 11.5. The van der Waals surface area contributed by atoms with Gasteiger partial charge in [0, 0.05) is 18.9 Å². The zero-order chi connectivity index (χ0) is 13.0. The zero-order valence-electron chi connectivity index (χ0n) is 11.2. The average Bonchev–Trinajstić information content (AvgIpc) is 2.43. The summed E-state index contributed by atoms with van der Waals surface area (Å²) in [6, 6.07) is 0. The number of carbonyl (C=O) groups is 1. The Labute approximate surface area is 109 Å². The Hall–Kier alpha value is -0.830. The smallest absolute Gasteiger partial charge is 0.305 e. The molecule has 0 amide bonds. The third-order valence-electron chi connectivity index (χ3n) is 4.47. The molecule has 18 heavy (non-hydrogen) atoms. The lowest BCUT2D eigenvalue weighted by Gasteiger charge is -2.44. The van der Waals surface area contributed by atoms with Crippen LogP contribution in [0.25, 0.3) is 0 Å². The summed E-state index contributed by atoms with van der Waals surface area (Å²) >= 11 is 0. The first-order valence-electron chi connectivity index (χ1n) is 7.21. The number of allylic oxidation sites excluding steroid dienone is 2. The SMILES string of the molecule is CCCCC(=O)OCC1C2C=CC(CC2)C1CO. The molecule has 102 valence electrons. The summed E-state index contributed by atoms with van der Waals surface area (Å²) in [6.45, 7) is 2.77. The minimum Gasteiger partial charge on any atom is -0.465 e. The number of hydrogen-bond acceptors (Lipinski definition) is 3. The number of hydrogen-bond donors (Lipinski definition) is 1. The van der Waals surface area contributed by atoms with Crippen molar-refractivity contribution in [2.75, 3.05) is 13.2 Å². The third kappa shape index (κ3) is 2.94. The van der Waals surface area contributed by atoms with E-state index in [2.05, 4.69) is 19.1 Å². The first-order chi connectivity index (χ1) is 8.76. The molecular formula is C15H24O3. The van der Waals surface area contributed by atoms with Crippen LogP contribution in [0.4, 0.5) is 0 Å². The van der Waals surface area contributed by atoms with Gasteiger partial charge in [0.15, 0.2) is 0 Å². The highest BCUT2D eigenvalue weighted by Gasteiger charge is 2.40. The quantitative estimate of drug-likeness (QED) is 0.583. The monoisotopic (exact) mass is 252 g/mol. The topological polar surface area (TPSA) is 46.5 Å². The van der Waals surface area contributed by atoms with Crippen molar-refractivity contribution in [2.45, 2.75) is 39.0 Å². The van der Waals surface area contributed by atoms with Gasteiger partial charge in [-0.2, -0.15) is 0 Å². The zero-order valence-corrected chi connectivity index (χ0v) is 11.2. The van der Waals surface area contributed by atoms with E-state index in [9.17, 15) is 9.90 Å². The summed E-state index contributed by atoms with van der Waals surface area (Å²) in [5.74, 6) is 1.50. The molecule has 3 aliphatic rings. The molecule has 0 heterocycles. The molecule has 1 fully saturated rings. The molecule has 3 rings (SSSR count). The first kappa shape index (κ1) is 13.6. The van der Waals surface area contributed by atoms with Crippen LogP contribution in [0.3, 0.4) is 0 Å². The number of carbonyl (C=O) groups excluding carboxylic acids is 1. The van der Waals surface area contributed by atoms with E-state index in [0.717, 1.165) is 12.8 Å². The number of ether oxygens (including phenoxy) is 1. The second kappa shape index (κ2) is 6.37. The van der Waals surface area contributed by atoms with Crippen LogP contribution in [0.1, 0.15) is 39.0 Å². The Morgan fingerprint density at radius 3 is 2.50 bits per heavy atom. The largest absolute Gasteiger partial charge is 0.465 e. The molecule has 4 unspecified atom stereocenters. The Morgan fingerprint density at radius 2 is 1.94 bits per heavy atom. The van der Waals surface area contributed by atoms with Crippen molar-refractivity contribution in [1.29, 1.82) is 0 Å². The molecule has 4 atom stereocenters. The summed E-state index contributed by atoms with van der Waals surface area (Å²) in [7, 11) is 0. The summed E-state index contributed by atoms with van der Waals surface area (Å²) in [6.07, 6.45) is 9.29. The number of unbranched alkanes of at least 4 members (excludes halogenated alkanes) is 1. The fourth-order valence-corrected chi connectivity index (χ4v) is 3.31. The fraction of sp³-hybridized carbons (Fsp3) is 0.800. The van der Waals surface area contributed by atoms with Crippen molar-refractivity contribution in [3.63, 3.8) is 0 Å². The van der Waals surface area contributed by atoms with Crippen LogP contribution in [0, 0.1) is 23.7 Å². The van der Waals surface area contributed by atoms with Gasteiger partial charge < -0.3 is 9.84 Å². The predicted octanol–water partition coefficient (Wildman–Crippen LogP) is 2.54. The predicted molar refractivity (Wildman–Crippen MR) is 69.9 cm³/mol. The Balaban J connectivity index is 1.84. The Morgan fingerprint density at radius 1 is 1.28 bits per heavy atom. The number of aliphatic hydroxyl groups excluding tert-OH is 1. The van der Waals surface area contributed by atoms with Crippen LogP contribution in [0.2, 0.25) is 0 Å². The van der Waals surface area contributed by atoms with E-state index in [1.54, 1.807) is 0 Å². The van der Waals surface area contributed by atoms with E-state index in [1.165, 1.54) is 12.8 Å². The number of rotatable bonds is 6. The van der Waals surface area contributed by atoms with Gasteiger partial charge in [0.05, 0.1) is 6.61 Å². The van der Waals surface area contributed by atoms with Crippen LogP contribution < -0.4 is 0 Å². The molecule has 0 spiro atoms. The molecule has 3 nitrogen and oxygen atoms in total. The normalized spacial score (nSPS) is 33.7. The number of aliphatic hydroxyl groups is 1. The van der Waals surface area contributed by atoms with Crippen molar-refractivity contribution >= 4 is 5.97 Å². The molecule has 0 saturated heterocycles. The molecule has 2 bridgehead atoms. The lowest BCUT2D eigenvalue weighted by Crippen LogP contribution is -2.41. The second-order valence-electron chi connectivity index (χ2n) is 5.59. The molecule has 0 aromatic heterocycles. The molecule has 1 saturated carbocycles. The number of fused-ring (bicyclic) bond motifs is 2. The van der Waals surface area contributed by atoms with Gasteiger partial charge in [0.2, 0.25) is 0 Å². The van der Waals surface area contributed by atoms with Gasteiger partial charge in [0.25, 0.3) is 0 Å². The van der Waals surface area contributed by atoms with Crippen molar-refractivity contribution in [3.05, 3.63) is 12.2 Å². The molecule has 0 radical (unpaired) electrons. The van der Waals surface area contributed by atoms with E-state index >= 15 is 0 Å². The third-order valence-corrected chi connectivity index (χ3v) is 4.47. The summed E-state index contributed by atoms with van der Waals surface area (Å²) in [5, 5.41) is 9.52. The highest BCUT2D eigenvalue weighted by atomic mass is 16.5. The lowest BCUT2D eigenvalue weighted by atomic mass is 9.63. The van der Waals surface area contributed by atoms with Gasteiger partial charge in [0.1, 0.15) is 0 Å². The highest BCUT2D eigenvalue weighted by molar-refractivity contribution is 5.69. The van der Waals surface area contributed by atoms with Crippen molar-refractivity contribution in [2.24, 2.45) is 23.7 Å². The number of esters is 1. The molecule has 0 aromatic rings. The molecule has 0 aromatic carbocycles. The van der Waals surface area contributed by atoms with Gasteiger partial charge in [-0.05, 0) is 37.0 Å². The maximum Gasteiger partial charge on any atom is 0.305 e. The lowest BCUT2D eigenvalue weighted by molar-refractivity contribution is -0.147. The highest BCUT2D eigenvalue weighted by Crippen LogP contribution is 2.44. The Kier molecular flexibility index (Phi) is 4.81. The van der Waals surface area contributed by atoms with Crippen molar-refractivity contribution in [3.8, 4) is 0 Å². The van der Waals surface area contributed by atoms with E-state index in [1.807, 2.05) is 0 Å². The van der Waals surface area contributed by atoms with Crippen LogP contribution >= 0.6 is 0 Å². The van der Waals surface area contributed by atoms with Gasteiger partial charge >= 0.3 is 5.97 Å². The maximum absolute atomic E-state index is 11.5. The standard InChI is InChI=1S/C15H24O3/c1-2-3-4-15(17)18-10-14-12-7-5-11(6-8-12)13(14)9-16/h5,7,11-14,16H,2-4,6,8-10H2,1H3. The van der Waals surface area contributed by atoms with Gasteiger partial charge in [-0.3, -0.25) is 4.79 Å². The van der Waals surface area contributed by atoms with Gasteiger partial charge in [-0.1, -0.05) is 25.5 Å². The van der Waals surface area contributed by atoms with Crippen molar-refractivity contribution < 1.29 is 14.6 Å². The van der Waals surface area contributed by atoms with E-state index in [0.29, 0.717) is 30.8 Å².